The maximum Gasteiger partial charge on any atom is 0.244 e. The minimum atomic E-state index is -3.82. The molecular weight excluding hydrogens is 498 g/mol. The number of sulfonamides is 1. The van der Waals surface area contributed by atoms with Crippen LogP contribution in [0.5, 0.6) is 0 Å². The molecule has 0 aliphatic carbocycles. The van der Waals surface area contributed by atoms with Crippen molar-refractivity contribution in [2.45, 2.75) is 39.3 Å². The summed E-state index contributed by atoms with van der Waals surface area (Å²) in [5.41, 5.74) is 1.07. The minimum Gasteiger partial charge on any atom is -0.354 e. The summed E-state index contributed by atoms with van der Waals surface area (Å²) in [5.74, 6) is -0.814. The fraction of sp³-hybridized carbons (Fsp3) is 0.333. The largest absolute Gasteiger partial charge is 0.354 e. The van der Waals surface area contributed by atoms with Gasteiger partial charge in [-0.25, -0.2) is 8.42 Å². The lowest BCUT2D eigenvalue weighted by molar-refractivity contribution is -0.139. The number of unbranched alkanes of at least 4 members (excludes halogenated alkanes) is 1. The predicted octanol–water partition coefficient (Wildman–Crippen LogP) is 4.59. The van der Waals surface area contributed by atoms with Crippen LogP contribution in [0.3, 0.4) is 0 Å². The molecule has 0 aliphatic rings. The first-order valence-corrected chi connectivity index (χ1v) is 14.1. The molecule has 1 atom stereocenters. The summed E-state index contributed by atoms with van der Waals surface area (Å²) >= 11 is 6.35. The van der Waals surface area contributed by atoms with Crippen LogP contribution in [0, 0.1) is 0 Å². The lowest BCUT2D eigenvalue weighted by atomic mass is 10.1. The Labute approximate surface area is 218 Å². The van der Waals surface area contributed by atoms with Crippen molar-refractivity contribution in [1.82, 2.24) is 10.2 Å². The lowest BCUT2D eigenvalue weighted by Gasteiger charge is -2.32. The highest BCUT2D eigenvalue weighted by molar-refractivity contribution is 7.92. The van der Waals surface area contributed by atoms with E-state index in [0.29, 0.717) is 28.2 Å². The zero-order valence-electron chi connectivity index (χ0n) is 20.8. The standard InChI is InChI=1S/C27H32ClN3O4S/c1-4-5-17-29-27(33)20(2)30(18-22-12-7-9-15-24(22)28)26(32)19-31(36(3,34)35)25-16-10-13-21-11-6-8-14-23(21)25/h6-16,20H,4-5,17-19H2,1-3H3,(H,29,33)/t20-/m1/s1. The van der Waals surface area contributed by atoms with Crippen molar-refractivity contribution in [3.8, 4) is 0 Å². The summed E-state index contributed by atoms with van der Waals surface area (Å²) in [6, 6.07) is 18.9. The summed E-state index contributed by atoms with van der Waals surface area (Å²) < 4.78 is 26.9. The van der Waals surface area contributed by atoms with Gasteiger partial charge in [0, 0.05) is 23.5 Å². The van der Waals surface area contributed by atoms with Crippen LogP contribution >= 0.6 is 11.6 Å². The maximum atomic E-state index is 13.7. The number of carbonyl (C=O) groups excluding carboxylic acids is 2. The van der Waals surface area contributed by atoms with Gasteiger partial charge >= 0.3 is 0 Å². The van der Waals surface area contributed by atoms with Crippen LogP contribution in [0.4, 0.5) is 5.69 Å². The lowest BCUT2D eigenvalue weighted by Crippen LogP contribution is -2.51. The summed E-state index contributed by atoms with van der Waals surface area (Å²) in [6.45, 7) is 3.77. The van der Waals surface area contributed by atoms with Gasteiger partial charge in [-0.15, -0.1) is 0 Å². The Bertz CT molecular complexity index is 1320. The summed E-state index contributed by atoms with van der Waals surface area (Å²) in [4.78, 5) is 28.0. The average Bonchev–Trinajstić information content (AvgIpc) is 2.85. The van der Waals surface area contributed by atoms with E-state index in [4.69, 9.17) is 11.6 Å². The van der Waals surface area contributed by atoms with Crippen molar-refractivity contribution in [3.63, 3.8) is 0 Å². The number of hydrogen-bond donors (Lipinski definition) is 1. The number of anilines is 1. The van der Waals surface area contributed by atoms with Crippen molar-refractivity contribution in [3.05, 3.63) is 77.3 Å². The third kappa shape index (κ3) is 6.77. The first kappa shape index (κ1) is 27.5. The number of carbonyl (C=O) groups is 2. The van der Waals surface area contributed by atoms with E-state index in [-0.39, 0.29) is 12.5 Å². The van der Waals surface area contributed by atoms with Crippen molar-refractivity contribution in [1.29, 1.82) is 0 Å². The fourth-order valence-electron chi connectivity index (χ4n) is 3.95. The smallest absolute Gasteiger partial charge is 0.244 e. The van der Waals surface area contributed by atoms with E-state index < -0.39 is 28.5 Å². The number of hydrogen-bond acceptors (Lipinski definition) is 4. The van der Waals surface area contributed by atoms with Crippen molar-refractivity contribution in [2.24, 2.45) is 0 Å². The third-order valence-electron chi connectivity index (χ3n) is 6.01. The molecule has 192 valence electrons. The van der Waals surface area contributed by atoms with Gasteiger partial charge in [0.25, 0.3) is 0 Å². The van der Waals surface area contributed by atoms with Gasteiger partial charge in [0.2, 0.25) is 21.8 Å². The minimum absolute atomic E-state index is 0.0635. The van der Waals surface area contributed by atoms with Gasteiger partial charge in [-0.1, -0.05) is 79.5 Å². The number of fused-ring (bicyclic) bond motifs is 1. The Morgan fingerprint density at radius 2 is 1.67 bits per heavy atom. The van der Waals surface area contributed by atoms with Crippen LogP contribution in [-0.2, 0) is 26.2 Å². The maximum absolute atomic E-state index is 13.7. The van der Waals surface area contributed by atoms with Gasteiger partial charge < -0.3 is 10.2 Å². The molecule has 0 aliphatic heterocycles. The molecule has 0 bridgehead atoms. The summed E-state index contributed by atoms with van der Waals surface area (Å²) in [5, 5.41) is 4.89. The Balaban J connectivity index is 1.97. The number of rotatable bonds is 11. The molecule has 3 aromatic carbocycles. The predicted molar refractivity (Wildman–Crippen MR) is 146 cm³/mol. The molecule has 2 amide bonds. The fourth-order valence-corrected chi connectivity index (χ4v) is 5.01. The highest BCUT2D eigenvalue weighted by Gasteiger charge is 2.30. The molecule has 7 nitrogen and oxygen atoms in total. The molecule has 0 fully saturated rings. The first-order chi connectivity index (χ1) is 17.1. The van der Waals surface area contributed by atoms with Crippen LogP contribution in [-0.4, -0.2) is 50.5 Å². The van der Waals surface area contributed by atoms with Crippen LogP contribution < -0.4 is 9.62 Å². The molecule has 0 spiro atoms. The van der Waals surface area contributed by atoms with Gasteiger partial charge in [-0.05, 0) is 36.4 Å². The molecule has 0 unspecified atom stereocenters. The zero-order valence-corrected chi connectivity index (χ0v) is 22.3. The first-order valence-electron chi connectivity index (χ1n) is 11.9. The molecule has 0 saturated heterocycles. The molecule has 3 aromatic rings. The SMILES string of the molecule is CCCCNC(=O)[C@@H](C)N(Cc1ccccc1Cl)C(=O)CN(c1cccc2ccccc12)S(C)(=O)=O. The van der Waals surface area contributed by atoms with Crippen LogP contribution in [0.25, 0.3) is 10.8 Å². The number of benzene rings is 3. The Morgan fingerprint density at radius 1 is 1.00 bits per heavy atom. The van der Waals surface area contributed by atoms with Crippen LogP contribution in [0.2, 0.25) is 5.02 Å². The Kier molecular flexibility index (Phi) is 9.34. The molecule has 1 N–H and O–H groups in total. The monoisotopic (exact) mass is 529 g/mol. The van der Waals surface area contributed by atoms with E-state index in [1.54, 1.807) is 43.3 Å². The van der Waals surface area contributed by atoms with Crippen LogP contribution in [0.15, 0.2) is 66.7 Å². The van der Waals surface area contributed by atoms with Gasteiger partial charge in [0.05, 0.1) is 11.9 Å². The van der Waals surface area contributed by atoms with Gasteiger partial charge in [0.1, 0.15) is 12.6 Å². The second kappa shape index (κ2) is 12.2. The Morgan fingerprint density at radius 3 is 2.36 bits per heavy atom. The van der Waals surface area contributed by atoms with E-state index in [2.05, 4.69) is 5.32 Å². The topological polar surface area (TPSA) is 86.8 Å². The molecule has 36 heavy (non-hydrogen) atoms. The highest BCUT2D eigenvalue weighted by Crippen LogP contribution is 2.29. The van der Waals surface area contributed by atoms with E-state index in [9.17, 15) is 18.0 Å². The summed E-state index contributed by atoms with van der Waals surface area (Å²) in [6.07, 6.45) is 2.81. The number of halogens is 1. The third-order valence-corrected chi connectivity index (χ3v) is 7.51. The van der Waals surface area contributed by atoms with Gasteiger partial charge in [-0.3, -0.25) is 13.9 Å². The van der Waals surface area contributed by atoms with Crippen molar-refractivity contribution < 1.29 is 18.0 Å². The van der Waals surface area contributed by atoms with Crippen LogP contribution in [0.1, 0.15) is 32.3 Å². The highest BCUT2D eigenvalue weighted by atomic mass is 35.5. The molecule has 0 aromatic heterocycles. The molecule has 0 radical (unpaired) electrons. The van der Waals surface area contributed by atoms with E-state index in [1.165, 1.54) is 4.90 Å². The number of nitrogens with zero attached hydrogens (tertiary/aromatic N) is 2. The summed E-state index contributed by atoms with van der Waals surface area (Å²) in [7, 11) is -3.82. The second-order valence-electron chi connectivity index (χ2n) is 8.70. The average molecular weight is 530 g/mol. The number of nitrogens with one attached hydrogen (secondary N) is 1. The molecule has 0 saturated carbocycles. The van der Waals surface area contributed by atoms with E-state index in [0.717, 1.165) is 28.8 Å². The molecule has 0 heterocycles. The molecular formula is C27H32ClN3O4S. The van der Waals surface area contributed by atoms with E-state index in [1.807, 2.05) is 37.3 Å². The Hall–Kier alpha value is -3.10. The van der Waals surface area contributed by atoms with Crippen molar-refractivity contribution >= 4 is 49.9 Å². The molecule has 3 rings (SSSR count). The quantitative estimate of drug-likeness (QED) is 0.368. The normalized spacial score (nSPS) is 12.2. The zero-order chi connectivity index (χ0) is 26.3. The second-order valence-corrected chi connectivity index (χ2v) is 11.0. The molecule has 9 heteroatoms. The van der Waals surface area contributed by atoms with Gasteiger partial charge in [-0.2, -0.15) is 0 Å². The van der Waals surface area contributed by atoms with Gasteiger partial charge in [0.15, 0.2) is 0 Å². The number of amides is 2. The van der Waals surface area contributed by atoms with Crippen molar-refractivity contribution in [2.75, 3.05) is 23.7 Å². The van der Waals surface area contributed by atoms with E-state index >= 15 is 0 Å².